The summed E-state index contributed by atoms with van der Waals surface area (Å²) < 4.78 is 3.97. The third-order valence-electron chi connectivity index (χ3n) is 0.238. The van der Waals surface area contributed by atoms with Crippen molar-refractivity contribution in [2.24, 2.45) is 0 Å². The molecule has 0 saturated heterocycles. The molecule has 0 amide bonds. The Morgan fingerprint density at radius 1 is 1.57 bits per heavy atom. The predicted octanol–water partition coefficient (Wildman–Crippen LogP) is -0.807. The van der Waals surface area contributed by atoms with Gasteiger partial charge in [0.25, 0.3) is 0 Å². The molecule has 0 bridgehead atoms. The van der Waals surface area contributed by atoms with Gasteiger partial charge in [0.2, 0.25) is 0 Å². The third kappa shape index (κ3) is 11.2. The topological polar surface area (TPSA) is 49.7 Å². The van der Waals surface area contributed by atoms with E-state index >= 15 is 0 Å². The minimum atomic E-state index is -3.31. The fraction of sp³-hybridized carbons (Fsp3) is 1.00. The molecule has 0 radical (unpaired) electrons. The average Bonchev–Trinajstić information content (AvgIpc) is 1.35. The van der Waals surface area contributed by atoms with Crippen molar-refractivity contribution >= 4 is 48.1 Å². The zero-order valence-corrected chi connectivity index (χ0v) is 4.87. The van der Waals surface area contributed by atoms with Gasteiger partial charge in [-0.15, -0.1) is 0 Å². The van der Waals surface area contributed by atoms with Gasteiger partial charge >= 0.3 is 36.3 Å². The second-order valence-electron chi connectivity index (χ2n) is 0.673. The van der Waals surface area contributed by atoms with Crippen LogP contribution in [0.4, 0.5) is 0 Å². The van der Waals surface area contributed by atoms with E-state index in [4.69, 9.17) is 9.79 Å². The molecule has 0 fully saturated rings. The molecule has 0 saturated carbocycles. The van der Waals surface area contributed by atoms with E-state index in [0.717, 1.165) is 7.11 Å². The molecule has 40 valence electrons. The molecule has 0 aliphatic carbocycles. The summed E-state index contributed by atoms with van der Waals surface area (Å²) in [7, 11) is 1.15. The van der Waals surface area contributed by atoms with Crippen molar-refractivity contribution in [1.29, 1.82) is 0 Å². The Hall–Kier alpha value is 1.53. The molecule has 0 unspecified atom stereocenters. The van der Waals surface area contributed by atoms with E-state index in [0.29, 0.717) is 0 Å². The Labute approximate surface area is 69.2 Å². The van der Waals surface area contributed by atoms with Crippen molar-refractivity contribution in [3.63, 3.8) is 0 Å². The van der Waals surface area contributed by atoms with E-state index in [1.165, 1.54) is 0 Å². The molecule has 0 aliphatic heterocycles. The van der Waals surface area contributed by atoms with Gasteiger partial charge in [0.15, 0.2) is 0 Å². The molecular formula is CH6NaO3PS. The molecule has 0 rings (SSSR count). The summed E-state index contributed by atoms with van der Waals surface area (Å²) in [5, 5.41) is 0. The maximum absolute atomic E-state index is 8.09. The van der Waals surface area contributed by atoms with Crippen LogP contribution in [0.3, 0.4) is 0 Å². The van der Waals surface area contributed by atoms with Crippen molar-refractivity contribution in [1.82, 2.24) is 0 Å². The van der Waals surface area contributed by atoms with E-state index in [1.807, 2.05) is 0 Å². The second-order valence-corrected chi connectivity index (χ2v) is 3.45. The molecule has 7 heavy (non-hydrogen) atoms. The number of hydrogen-bond acceptors (Lipinski definition) is 2. The third-order valence-corrected chi connectivity index (χ3v) is 1.16. The van der Waals surface area contributed by atoms with Crippen LogP contribution in [-0.4, -0.2) is 46.5 Å². The van der Waals surface area contributed by atoms with Gasteiger partial charge in [-0.3, -0.25) is 0 Å². The van der Waals surface area contributed by atoms with Crippen LogP contribution >= 0.6 is 6.72 Å². The van der Waals surface area contributed by atoms with Crippen LogP contribution in [0.15, 0.2) is 0 Å². The molecule has 0 aliphatic rings. The van der Waals surface area contributed by atoms with Crippen LogP contribution in [-0.2, 0) is 16.3 Å². The first-order valence-electron chi connectivity index (χ1n) is 1.17. The number of hydrogen-bond donors (Lipinski definition) is 2. The minimum absolute atomic E-state index is 0. The summed E-state index contributed by atoms with van der Waals surface area (Å²) in [4.78, 5) is 16.2. The summed E-state index contributed by atoms with van der Waals surface area (Å²) in [5.74, 6) is 0. The SMILES string of the molecule is COP(O)(O)=S.[NaH]. The first kappa shape index (κ1) is 11.3. The molecule has 0 atom stereocenters. The van der Waals surface area contributed by atoms with Crippen LogP contribution in [0.1, 0.15) is 0 Å². The summed E-state index contributed by atoms with van der Waals surface area (Å²) in [6.45, 7) is -3.31. The Balaban J connectivity index is 0. The van der Waals surface area contributed by atoms with E-state index in [9.17, 15) is 0 Å². The Bertz CT molecular complexity index is 79.0. The van der Waals surface area contributed by atoms with Crippen LogP contribution in [0, 0.1) is 0 Å². The molecule has 2 N–H and O–H groups in total. The zero-order valence-electron chi connectivity index (χ0n) is 3.16. The van der Waals surface area contributed by atoms with Crippen LogP contribution in [0.5, 0.6) is 0 Å². The molecule has 3 nitrogen and oxygen atoms in total. The van der Waals surface area contributed by atoms with E-state index in [2.05, 4.69) is 16.3 Å². The molecular weight excluding hydrogens is 146 g/mol. The van der Waals surface area contributed by atoms with Crippen LogP contribution < -0.4 is 0 Å². The summed E-state index contributed by atoms with van der Waals surface area (Å²) in [5.41, 5.74) is 0. The molecule has 0 aromatic rings. The molecule has 0 heterocycles. The molecule has 0 spiro atoms. The van der Waals surface area contributed by atoms with Gasteiger partial charge in [-0.2, -0.15) is 0 Å². The van der Waals surface area contributed by atoms with Crippen molar-refractivity contribution in [3.8, 4) is 0 Å². The zero-order chi connectivity index (χ0) is 5.21. The van der Waals surface area contributed by atoms with Gasteiger partial charge in [-0.05, 0) is 11.8 Å². The van der Waals surface area contributed by atoms with Gasteiger partial charge in [0.05, 0.1) is 0 Å². The predicted molar refractivity (Wildman–Crippen MR) is 32.9 cm³/mol. The van der Waals surface area contributed by atoms with Gasteiger partial charge in [0.1, 0.15) is 0 Å². The van der Waals surface area contributed by atoms with Crippen LogP contribution in [0.25, 0.3) is 0 Å². The fourth-order valence-corrected chi connectivity index (χ4v) is 0. The van der Waals surface area contributed by atoms with Gasteiger partial charge in [0, 0.05) is 7.11 Å². The first-order valence-corrected chi connectivity index (χ1v) is 3.80. The summed E-state index contributed by atoms with van der Waals surface area (Å²) in [6, 6.07) is 0. The average molecular weight is 152 g/mol. The first-order chi connectivity index (χ1) is 2.56. The van der Waals surface area contributed by atoms with Crippen molar-refractivity contribution in [2.75, 3.05) is 7.11 Å². The quantitative estimate of drug-likeness (QED) is 0.381. The normalized spacial score (nSPS) is 10.1. The maximum atomic E-state index is 8.09. The standard InChI is InChI=1S/CH5O3PS.Na.H/c1-4-5(2,3)6;;/h1H3,(H2,2,3,6);;. The summed E-state index contributed by atoms with van der Waals surface area (Å²) >= 11 is 3.99. The van der Waals surface area contributed by atoms with E-state index < -0.39 is 6.72 Å². The van der Waals surface area contributed by atoms with E-state index in [1.54, 1.807) is 0 Å². The molecule has 0 aromatic heterocycles. The fourth-order valence-electron chi connectivity index (χ4n) is 0. The van der Waals surface area contributed by atoms with Crippen molar-refractivity contribution < 1.29 is 14.3 Å². The Kier molecular flexibility index (Phi) is 7.15. The monoisotopic (exact) mass is 152 g/mol. The van der Waals surface area contributed by atoms with Gasteiger partial charge < -0.3 is 14.3 Å². The van der Waals surface area contributed by atoms with E-state index in [-0.39, 0.29) is 29.6 Å². The van der Waals surface area contributed by atoms with Crippen molar-refractivity contribution in [2.45, 2.75) is 0 Å². The molecule has 0 aromatic carbocycles. The summed E-state index contributed by atoms with van der Waals surface area (Å²) in [6.07, 6.45) is 0. The second kappa shape index (κ2) is 4.41. The molecule has 6 heteroatoms. The Morgan fingerprint density at radius 2 is 1.71 bits per heavy atom. The Morgan fingerprint density at radius 3 is 1.71 bits per heavy atom. The van der Waals surface area contributed by atoms with Gasteiger partial charge in [-0.25, -0.2) is 0 Å². The van der Waals surface area contributed by atoms with Crippen LogP contribution in [0.2, 0.25) is 0 Å². The van der Waals surface area contributed by atoms with Gasteiger partial charge in [-0.1, -0.05) is 0 Å². The van der Waals surface area contributed by atoms with Crippen molar-refractivity contribution in [3.05, 3.63) is 0 Å². The number of rotatable bonds is 1.